The molecule has 0 N–H and O–H groups in total. The van der Waals surface area contributed by atoms with Gasteiger partial charge in [-0.2, -0.15) is 0 Å². The molecule has 11 rings (SSSR count). The zero-order valence-corrected chi connectivity index (χ0v) is 28.4. The van der Waals surface area contributed by atoms with Crippen LogP contribution < -0.4 is 0 Å². The Morgan fingerprint density at radius 1 is 0.275 bits per heavy atom. The van der Waals surface area contributed by atoms with Gasteiger partial charge in [0.15, 0.2) is 0 Å². The number of fused-ring (bicyclic) bond motifs is 9. The first-order chi connectivity index (χ1) is 25.3. The van der Waals surface area contributed by atoms with Gasteiger partial charge in [0.2, 0.25) is 0 Å². The molecule has 0 aliphatic rings. The molecule has 0 bridgehead atoms. The first-order valence-corrected chi connectivity index (χ1v) is 18.2. The second-order valence-corrected chi connectivity index (χ2v) is 14.5. The number of aromatic nitrogens is 2. The van der Waals surface area contributed by atoms with Gasteiger partial charge >= 0.3 is 0 Å². The van der Waals surface area contributed by atoms with Crippen molar-refractivity contribution in [2.75, 3.05) is 0 Å². The van der Waals surface area contributed by atoms with Crippen LogP contribution in [0, 0.1) is 0 Å². The van der Waals surface area contributed by atoms with Crippen LogP contribution in [0.5, 0.6) is 0 Å². The monoisotopic (exact) mass is 666 g/mol. The normalized spacial score (nSPS) is 11.9. The van der Waals surface area contributed by atoms with Crippen molar-refractivity contribution in [3.05, 3.63) is 182 Å². The van der Waals surface area contributed by atoms with Crippen LogP contribution in [-0.2, 0) is 0 Å². The Kier molecular flexibility index (Phi) is 6.16. The highest BCUT2D eigenvalue weighted by Gasteiger charge is 2.20. The molecule has 2 nitrogen and oxygen atoms in total. The summed E-state index contributed by atoms with van der Waals surface area (Å²) in [5.41, 5.74) is 12.0. The summed E-state index contributed by atoms with van der Waals surface area (Å²) >= 11 is 1.88. The van der Waals surface area contributed by atoms with Gasteiger partial charge in [-0.05, 0) is 89.0 Å². The van der Waals surface area contributed by atoms with Gasteiger partial charge in [0.25, 0.3) is 0 Å². The molecule has 238 valence electrons. The smallest absolute Gasteiger partial charge is 0.0562 e. The van der Waals surface area contributed by atoms with Crippen molar-refractivity contribution < 1.29 is 0 Å². The minimum Gasteiger partial charge on any atom is -0.309 e. The van der Waals surface area contributed by atoms with Gasteiger partial charge in [-0.3, -0.25) is 0 Å². The highest BCUT2D eigenvalue weighted by Crippen LogP contribution is 2.44. The lowest BCUT2D eigenvalue weighted by Crippen LogP contribution is -1.97. The van der Waals surface area contributed by atoms with Crippen LogP contribution in [0.1, 0.15) is 0 Å². The van der Waals surface area contributed by atoms with E-state index in [9.17, 15) is 0 Å². The van der Waals surface area contributed by atoms with Crippen molar-refractivity contribution in [3.63, 3.8) is 0 Å². The topological polar surface area (TPSA) is 9.86 Å². The van der Waals surface area contributed by atoms with Crippen molar-refractivity contribution in [1.82, 2.24) is 9.13 Å². The van der Waals surface area contributed by atoms with Crippen molar-refractivity contribution in [2.45, 2.75) is 0 Å². The molecule has 3 heterocycles. The van der Waals surface area contributed by atoms with Crippen LogP contribution in [0.2, 0.25) is 0 Å². The van der Waals surface area contributed by atoms with E-state index in [2.05, 4.69) is 191 Å². The van der Waals surface area contributed by atoms with E-state index in [1.165, 1.54) is 86.0 Å². The second-order valence-electron chi connectivity index (χ2n) is 13.4. The molecule has 51 heavy (non-hydrogen) atoms. The molecule has 0 aliphatic carbocycles. The molecule has 11 aromatic rings. The van der Waals surface area contributed by atoms with E-state index in [-0.39, 0.29) is 0 Å². The Morgan fingerprint density at radius 3 is 1.47 bits per heavy atom. The molecule has 0 fully saturated rings. The van der Waals surface area contributed by atoms with Crippen molar-refractivity contribution in [2.24, 2.45) is 0 Å². The molecule has 8 aromatic carbocycles. The van der Waals surface area contributed by atoms with Crippen LogP contribution >= 0.6 is 11.3 Å². The summed E-state index contributed by atoms with van der Waals surface area (Å²) < 4.78 is 7.58. The minimum absolute atomic E-state index is 1.15. The van der Waals surface area contributed by atoms with Gasteiger partial charge in [-0.1, -0.05) is 115 Å². The average molecular weight is 667 g/mol. The largest absolute Gasteiger partial charge is 0.309 e. The highest BCUT2D eigenvalue weighted by atomic mass is 32.1. The molecular formula is C48H30N2S. The Bertz CT molecular complexity index is 3050. The second kappa shape index (κ2) is 11.0. The summed E-state index contributed by atoms with van der Waals surface area (Å²) in [5, 5.41) is 7.70. The first-order valence-electron chi connectivity index (χ1n) is 17.4. The van der Waals surface area contributed by atoms with E-state index in [4.69, 9.17) is 0 Å². The molecule has 3 heteroatoms. The molecule has 0 saturated heterocycles. The lowest BCUT2D eigenvalue weighted by Gasteiger charge is -2.14. The summed E-state index contributed by atoms with van der Waals surface area (Å²) in [7, 11) is 0. The number of para-hydroxylation sites is 2. The maximum atomic E-state index is 2.47. The van der Waals surface area contributed by atoms with Gasteiger partial charge in [0.1, 0.15) is 0 Å². The lowest BCUT2D eigenvalue weighted by molar-refractivity contribution is 1.17. The van der Waals surface area contributed by atoms with E-state index >= 15 is 0 Å². The molecule has 0 radical (unpaired) electrons. The van der Waals surface area contributed by atoms with Gasteiger partial charge in [0, 0.05) is 53.1 Å². The Labute approximate surface area is 298 Å². The quantitative estimate of drug-likeness (QED) is 0.177. The molecule has 0 aliphatic heterocycles. The maximum absolute atomic E-state index is 2.47. The molecule has 0 spiro atoms. The first kappa shape index (κ1) is 28.4. The van der Waals surface area contributed by atoms with Crippen LogP contribution in [0.4, 0.5) is 0 Å². The van der Waals surface area contributed by atoms with Crippen LogP contribution in [-0.4, -0.2) is 9.13 Å². The highest BCUT2D eigenvalue weighted by molar-refractivity contribution is 7.25. The van der Waals surface area contributed by atoms with Crippen molar-refractivity contribution >= 4 is 75.1 Å². The summed E-state index contributed by atoms with van der Waals surface area (Å²) in [6.07, 6.45) is 0. The molecule has 0 saturated carbocycles. The minimum atomic E-state index is 1.15. The fourth-order valence-electron chi connectivity index (χ4n) is 8.16. The third-order valence-electron chi connectivity index (χ3n) is 10.5. The van der Waals surface area contributed by atoms with E-state index < -0.39 is 0 Å². The summed E-state index contributed by atoms with van der Waals surface area (Å²) in [6, 6.07) is 66.7. The number of nitrogens with zero attached hydrogens (tertiary/aromatic N) is 2. The van der Waals surface area contributed by atoms with E-state index in [0.717, 1.165) is 11.4 Å². The maximum Gasteiger partial charge on any atom is 0.0562 e. The third-order valence-corrected chi connectivity index (χ3v) is 11.6. The number of thiophene rings is 1. The van der Waals surface area contributed by atoms with E-state index in [0.29, 0.717) is 0 Å². The van der Waals surface area contributed by atoms with Crippen LogP contribution in [0.25, 0.3) is 97.4 Å². The average Bonchev–Trinajstić information content (AvgIpc) is 3.83. The lowest BCUT2D eigenvalue weighted by atomic mass is 9.98. The van der Waals surface area contributed by atoms with Gasteiger partial charge in [-0.15, -0.1) is 11.3 Å². The Balaban J connectivity index is 1.27. The van der Waals surface area contributed by atoms with Gasteiger partial charge < -0.3 is 9.13 Å². The fraction of sp³-hybridized carbons (Fsp3) is 0. The standard InChI is InChI=1S/C48H30N2S/c1-4-14-31(15-5-1)33-24-34(32-16-6-2-7-17-32)26-36(25-33)50-43-22-12-10-20-37(43)39-27-40-41-28-42-38-21-11-13-23-47(38)51-48(42)30-46(41)49(45(40)29-44(39)50)35-18-8-3-9-19-35/h1-30H. The molecule has 0 amide bonds. The third kappa shape index (κ3) is 4.35. The van der Waals surface area contributed by atoms with Gasteiger partial charge in [-0.25, -0.2) is 0 Å². The zero-order valence-electron chi connectivity index (χ0n) is 27.6. The summed E-state index contributed by atoms with van der Waals surface area (Å²) in [6.45, 7) is 0. The van der Waals surface area contributed by atoms with E-state index in [1.54, 1.807) is 0 Å². The zero-order chi connectivity index (χ0) is 33.5. The SMILES string of the molecule is c1ccc(-c2cc(-c3ccccc3)cc(-n3c4ccccc4c4cc5c6cc7c(cc6n(-c6ccccc6)c5cc43)sc3ccccc37)c2)cc1. The summed E-state index contributed by atoms with van der Waals surface area (Å²) in [4.78, 5) is 0. The Morgan fingerprint density at radius 2 is 0.784 bits per heavy atom. The molecular weight excluding hydrogens is 637 g/mol. The fourth-order valence-corrected chi connectivity index (χ4v) is 9.29. The number of rotatable bonds is 4. The van der Waals surface area contributed by atoms with Gasteiger partial charge in [0.05, 0.1) is 22.1 Å². The number of benzene rings is 8. The molecule has 3 aromatic heterocycles. The predicted octanol–water partition coefficient (Wildman–Crippen LogP) is 13.6. The molecule has 0 unspecified atom stereocenters. The Hall–Kier alpha value is -6.42. The van der Waals surface area contributed by atoms with Crippen LogP contribution in [0.15, 0.2) is 182 Å². The summed E-state index contributed by atoms with van der Waals surface area (Å²) in [5.74, 6) is 0. The van der Waals surface area contributed by atoms with Crippen molar-refractivity contribution in [3.8, 4) is 33.6 Å². The predicted molar refractivity (Wildman–Crippen MR) is 219 cm³/mol. The number of hydrogen-bond acceptors (Lipinski definition) is 1. The van der Waals surface area contributed by atoms with E-state index in [1.807, 2.05) is 11.3 Å². The van der Waals surface area contributed by atoms with Crippen LogP contribution in [0.3, 0.4) is 0 Å². The molecule has 0 atom stereocenters. The number of hydrogen-bond donors (Lipinski definition) is 0. The van der Waals surface area contributed by atoms with Crippen molar-refractivity contribution in [1.29, 1.82) is 0 Å².